The summed E-state index contributed by atoms with van der Waals surface area (Å²) in [6.45, 7) is 8.08. The van der Waals surface area contributed by atoms with E-state index in [0.29, 0.717) is 31.0 Å². The van der Waals surface area contributed by atoms with Crippen molar-refractivity contribution in [3.05, 3.63) is 22.0 Å². The Morgan fingerprint density at radius 2 is 1.82 bits per heavy atom. The summed E-state index contributed by atoms with van der Waals surface area (Å²) in [7, 11) is 0. The molecule has 0 saturated heterocycles. The summed E-state index contributed by atoms with van der Waals surface area (Å²) in [4.78, 5) is 49.6. The van der Waals surface area contributed by atoms with Gasteiger partial charge < -0.3 is 14.4 Å². The Balaban J connectivity index is 1.58. The fourth-order valence-corrected chi connectivity index (χ4v) is 5.52. The van der Waals surface area contributed by atoms with Gasteiger partial charge in [-0.2, -0.15) is 0 Å². The van der Waals surface area contributed by atoms with Gasteiger partial charge in [-0.1, -0.05) is 18.5 Å². The zero-order valence-corrected chi connectivity index (χ0v) is 20.7. The number of ether oxygens (including phenoxy) is 1. The number of carboxylic acids is 1. The zero-order valence-electron chi connectivity index (χ0n) is 20.0. The largest absolute Gasteiger partial charge is 0.478 e. The van der Waals surface area contributed by atoms with Crippen molar-refractivity contribution in [2.45, 2.75) is 97.6 Å². The number of carbonyl (C=O) groups is 4. The van der Waals surface area contributed by atoms with Crippen LogP contribution in [0.25, 0.3) is 0 Å². The maximum atomic E-state index is 13.0. The number of aromatic nitrogens is 1. The monoisotopic (exact) mass is 479 g/mol. The second-order valence-corrected chi connectivity index (χ2v) is 11.2. The van der Waals surface area contributed by atoms with Crippen LogP contribution in [0.1, 0.15) is 106 Å². The first-order chi connectivity index (χ1) is 15.3. The Morgan fingerprint density at radius 1 is 1.18 bits per heavy atom. The van der Waals surface area contributed by atoms with E-state index in [1.165, 1.54) is 0 Å². The van der Waals surface area contributed by atoms with E-state index < -0.39 is 23.1 Å². The normalized spacial score (nSPS) is 22.6. The number of hydrogen-bond donors (Lipinski definition) is 1. The number of hydrogen-bond acceptors (Lipinski definition) is 5. The van der Waals surface area contributed by atoms with Gasteiger partial charge in [0.2, 0.25) is 11.6 Å². The maximum Gasteiger partial charge on any atom is 0.339 e. The lowest BCUT2D eigenvalue weighted by Crippen LogP contribution is -2.31. The van der Waals surface area contributed by atoms with Crippen LogP contribution in [-0.2, 0) is 27.3 Å². The Morgan fingerprint density at radius 3 is 2.39 bits per heavy atom. The number of Topliss-reactive ketones (excluding diaryl/α,β-unsaturated/α-hetero) is 2. The molecule has 0 spiro atoms. The molecule has 1 aromatic rings. The Kier molecular flexibility index (Phi) is 7.42. The fourth-order valence-electron chi connectivity index (χ4n) is 5.14. The van der Waals surface area contributed by atoms with Gasteiger partial charge in [-0.3, -0.25) is 14.4 Å². The number of esters is 1. The minimum atomic E-state index is -1.17. The molecule has 0 bridgehead atoms. The highest BCUT2D eigenvalue weighted by atomic mass is 35.5. The second kappa shape index (κ2) is 9.61. The van der Waals surface area contributed by atoms with Crippen molar-refractivity contribution in [1.29, 1.82) is 0 Å². The van der Waals surface area contributed by atoms with Crippen LogP contribution in [0.4, 0.5) is 0 Å². The average Bonchev–Trinajstić information content (AvgIpc) is 3.24. The molecule has 182 valence electrons. The van der Waals surface area contributed by atoms with E-state index in [9.17, 15) is 24.3 Å². The fraction of sp³-hybridized carbons (Fsp3) is 0.680. The summed E-state index contributed by atoms with van der Waals surface area (Å²) >= 11 is 6.27. The summed E-state index contributed by atoms with van der Waals surface area (Å²) in [6, 6.07) is 0. The van der Waals surface area contributed by atoms with E-state index in [1.807, 2.05) is 27.7 Å². The van der Waals surface area contributed by atoms with Crippen molar-refractivity contribution >= 4 is 35.1 Å². The average molecular weight is 480 g/mol. The topological polar surface area (TPSA) is 103 Å². The first-order valence-electron chi connectivity index (χ1n) is 11.7. The molecule has 2 aliphatic rings. The molecule has 8 heteroatoms. The van der Waals surface area contributed by atoms with Gasteiger partial charge >= 0.3 is 11.9 Å². The predicted molar refractivity (Wildman–Crippen MR) is 124 cm³/mol. The molecule has 0 radical (unpaired) electrons. The summed E-state index contributed by atoms with van der Waals surface area (Å²) in [6.07, 6.45) is 5.91. The van der Waals surface area contributed by atoms with Gasteiger partial charge in [-0.05, 0) is 77.0 Å². The summed E-state index contributed by atoms with van der Waals surface area (Å²) in [5.41, 5.74) is -0.273. The van der Waals surface area contributed by atoms with Crippen molar-refractivity contribution in [3.8, 4) is 0 Å². The first-order valence-corrected chi connectivity index (χ1v) is 12.1. The molecule has 2 heterocycles. The highest BCUT2D eigenvalue weighted by Crippen LogP contribution is 2.43. The Bertz CT molecular complexity index is 963. The highest BCUT2D eigenvalue weighted by Gasteiger charge is 2.38. The van der Waals surface area contributed by atoms with Crippen LogP contribution in [0.15, 0.2) is 0 Å². The molecule has 0 atom stereocenters. The van der Waals surface area contributed by atoms with E-state index in [0.717, 1.165) is 38.5 Å². The lowest BCUT2D eigenvalue weighted by molar-refractivity contribution is -0.155. The molecule has 1 aromatic heterocycles. The van der Waals surface area contributed by atoms with Gasteiger partial charge in [-0.25, -0.2) is 4.79 Å². The standard InChI is InChI=1S/C25H34ClNO6/c1-24(2,3)33-18(29)8-7-15-9-11-25(4,12-10-15)14-17(28)22(30)21-20(26)19(23(31)32)16-6-5-13-27(16)21/h15H,5-14H2,1-4H3,(H,31,32). The van der Waals surface area contributed by atoms with Crippen LogP contribution in [-0.4, -0.2) is 38.8 Å². The number of carboxylic acid groups (broad SMARTS) is 1. The molecule has 33 heavy (non-hydrogen) atoms. The van der Waals surface area contributed by atoms with Gasteiger partial charge in [0, 0.05) is 25.1 Å². The predicted octanol–water partition coefficient (Wildman–Crippen LogP) is 5.25. The highest BCUT2D eigenvalue weighted by molar-refractivity contribution is 6.48. The van der Waals surface area contributed by atoms with Crippen molar-refractivity contribution < 1.29 is 29.0 Å². The number of carbonyl (C=O) groups excluding carboxylic acids is 3. The van der Waals surface area contributed by atoms with Crippen LogP contribution in [0, 0.1) is 11.3 Å². The van der Waals surface area contributed by atoms with E-state index in [1.54, 1.807) is 4.57 Å². The van der Waals surface area contributed by atoms with Crippen LogP contribution >= 0.6 is 11.6 Å². The van der Waals surface area contributed by atoms with Crippen molar-refractivity contribution in [3.63, 3.8) is 0 Å². The van der Waals surface area contributed by atoms with Gasteiger partial charge in [0.15, 0.2) is 0 Å². The summed E-state index contributed by atoms with van der Waals surface area (Å²) in [5, 5.41) is 9.38. The van der Waals surface area contributed by atoms with Crippen molar-refractivity contribution in [1.82, 2.24) is 4.57 Å². The third-order valence-corrected chi connectivity index (χ3v) is 7.23. The third-order valence-electron chi connectivity index (χ3n) is 6.87. The molecule has 7 nitrogen and oxygen atoms in total. The van der Waals surface area contributed by atoms with Crippen LogP contribution in [0.3, 0.4) is 0 Å². The van der Waals surface area contributed by atoms with E-state index in [2.05, 4.69) is 0 Å². The minimum Gasteiger partial charge on any atom is -0.478 e. The SMILES string of the molecule is CC1(CC(=O)C(=O)c2c(Cl)c(C(=O)O)c3n2CCC3)CCC(CCC(=O)OC(C)(C)C)CC1. The smallest absolute Gasteiger partial charge is 0.339 e. The van der Waals surface area contributed by atoms with Gasteiger partial charge in [0.1, 0.15) is 11.3 Å². The number of ketones is 2. The zero-order chi connectivity index (χ0) is 24.6. The molecule has 0 aromatic carbocycles. The number of fused-ring (bicyclic) bond motifs is 1. The Labute approximate surface area is 199 Å². The molecular formula is C25H34ClNO6. The molecule has 1 saturated carbocycles. The molecule has 3 rings (SSSR count). The van der Waals surface area contributed by atoms with Crippen LogP contribution in [0.5, 0.6) is 0 Å². The van der Waals surface area contributed by atoms with E-state index >= 15 is 0 Å². The molecule has 0 unspecified atom stereocenters. The van der Waals surface area contributed by atoms with Crippen molar-refractivity contribution in [2.24, 2.45) is 11.3 Å². The number of aromatic carboxylic acids is 1. The lowest BCUT2D eigenvalue weighted by Gasteiger charge is -2.37. The number of rotatable bonds is 8. The van der Waals surface area contributed by atoms with Crippen LogP contribution < -0.4 is 0 Å². The first kappa shape index (κ1) is 25.5. The molecule has 1 aliphatic carbocycles. The van der Waals surface area contributed by atoms with E-state index in [4.69, 9.17) is 16.3 Å². The summed E-state index contributed by atoms with van der Waals surface area (Å²) in [5.74, 6) is -2.17. The number of halogens is 1. The van der Waals surface area contributed by atoms with Gasteiger partial charge in [0.05, 0.1) is 10.6 Å². The maximum absolute atomic E-state index is 13.0. The molecule has 1 aliphatic heterocycles. The lowest BCUT2D eigenvalue weighted by atomic mass is 9.68. The van der Waals surface area contributed by atoms with Crippen molar-refractivity contribution in [2.75, 3.05) is 0 Å². The third kappa shape index (κ3) is 5.86. The van der Waals surface area contributed by atoms with E-state index in [-0.39, 0.29) is 34.1 Å². The molecule has 1 N–H and O–H groups in total. The number of nitrogens with zero attached hydrogens (tertiary/aromatic N) is 1. The second-order valence-electron chi connectivity index (χ2n) is 10.9. The van der Waals surface area contributed by atoms with Gasteiger partial charge in [0.25, 0.3) is 0 Å². The minimum absolute atomic E-state index is 0.0289. The van der Waals surface area contributed by atoms with Crippen LogP contribution in [0.2, 0.25) is 5.02 Å². The Hall–Kier alpha value is -2.15. The van der Waals surface area contributed by atoms with Gasteiger partial charge in [-0.15, -0.1) is 0 Å². The quantitative estimate of drug-likeness (QED) is 0.310. The summed E-state index contributed by atoms with van der Waals surface area (Å²) < 4.78 is 6.99. The molecule has 1 fully saturated rings. The molecule has 0 amide bonds. The molecular weight excluding hydrogens is 446 g/mol.